The maximum atomic E-state index is 14.8. The second kappa shape index (κ2) is 10.9. The maximum Gasteiger partial charge on any atom is 0.268 e. The van der Waals surface area contributed by atoms with Crippen LogP contribution >= 0.6 is 0 Å². The predicted octanol–water partition coefficient (Wildman–Crippen LogP) is 3.92. The van der Waals surface area contributed by atoms with Gasteiger partial charge in [-0.1, -0.05) is 24.3 Å². The van der Waals surface area contributed by atoms with Crippen LogP contribution in [-0.2, 0) is 13.0 Å². The number of nitrogens with two attached hydrogens (primary N) is 1. The fraction of sp³-hybridized carbons (Fsp3) is 0.222. The molecule has 4 rings (SSSR count). The van der Waals surface area contributed by atoms with Crippen molar-refractivity contribution in [2.45, 2.75) is 38.5 Å². The van der Waals surface area contributed by atoms with Crippen LogP contribution in [0.5, 0.6) is 5.75 Å². The van der Waals surface area contributed by atoms with Gasteiger partial charge < -0.3 is 24.7 Å². The number of aromatic nitrogens is 3. The van der Waals surface area contributed by atoms with Gasteiger partial charge in [0.25, 0.3) is 5.91 Å². The summed E-state index contributed by atoms with van der Waals surface area (Å²) in [6.07, 6.45) is 5.14. The molecule has 2 aromatic carbocycles. The summed E-state index contributed by atoms with van der Waals surface area (Å²) >= 11 is 0. The van der Waals surface area contributed by atoms with Gasteiger partial charge in [-0.3, -0.25) is 4.79 Å². The highest BCUT2D eigenvalue weighted by Crippen LogP contribution is 2.26. The summed E-state index contributed by atoms with van der Waals surface area (Å²) < 4.78 is 24.0. The zero-order chi connectivity index (χ0) is 25.7. The SMILES string of the molecule is C[C@H](O)[C@@H](CCc1ccccc1OCc1ccc(-n2cccc2C#N)c(F)c1)n1cnc(C(N)=O)c1. The third-order valence-corrected chi connectivity index (χ3v) is 6.01. The van der Waals surface area contributed by atoms with E-state index in [-0.39, 0.29) is 18.3 Å². The van der Waals surface area contributed by atoms with Crippen LogP contribution < -0.4 is 10.5 Å². The molecule has 0 aliphatic heterocycles. The van der Waals surface area contributed by atoms with E-state index in [0.29, 0.717) is 35.5 Å². The van der Waals surface area contributed by atoms with Gasteiger partial charge in [0.2, 0.25) is 0 Å². The van der Waals surface area contributed by atoms with Crippen molar-refractivity contribution >= 4 is 5.91 Å². The van der Waals surface area contributed by atoms with Crippen LogP contribution in [0.4, 0.5) is 4.39 Å². The lowest BCUT2D eigenvalue weighted by Gasteiger charge is -2.22. The fourth-order valence-corrected chi connectivity index (χ4v) is 4.12. The number of carbonyl (C=O) groups is 1. The van der Waals surface area contributed by atoms with Gasteiger partial charge in [0.15, 0.2) is 0 Å². The van der Waals surface area contributed by atoms with Crippen LogP contribution in [0.1, 0.15) is 46.7 Å². The number of carbonyl (C=O) groups excluding carboxylic acids is 1. The number of halogens is 1. The monoisotopic (exact) mass is 487 g/mol. The summed E-state index contributed by atoms with van der Waals surface area (Å²) in [5.74, 6) is -0.417. The van der Waals surface area contributed by atoms with Crippen molar-refractivity contribution < 1.29 is 19.0 Å². The first-order valence-electron chi connectivity index (χ1n) is 11.5. The normalized spacial score (nSPS) is 12.6. The third-order valence-electron chi connectivity index (χ3n) is 6.01. The average molecular weight is 488 g/mol. The highest BCUT2D eigenvalue weighted by molar-refractivity contribution is 5.90. The Morgan fingerprint density at radius 1 is 1.25 bits per heavy atom. The molecule has 0 aliphatic carbocycles. The highest BCUT2D eigenvalue weighted by Gasteiger charge is 2.19. The first kappa shape index (κ1) is 24.7. The summed E-state index contributed by atoms with van der Waals surface area (Å²) in [5, 5.41) is 19.5. The Hall–Kier alpha value is -4.42. The Balaban J connectivity index is 1.44. The minimum atomic E-state index is -0.684. The molecule has 1 amide bonds. The van der Waals surface area contributed by atoms with Gasteiger partial charge >= 0.3 is 0 Å². The minimum Gasteiger partial charge on any atom is -0.489 e. The maximum absolute atomic E-state index is 14.8. The second-order valence-electron chi connectivity index (χ2n) is 8.47. The Bertz CT molecular complexity index is 1400. The summed E-state index contributed by atoms with van der Waals surface area (Å²) in [5.41, 5.74) is 7.66. The largest absolute Gasteiger partial charge is 0.489 e. The number of aliphatic hydroxyl groups is 1. The van der Waals surface area contributed by atoms with E-state index in [0.717, 1.165) is 5.56 Å². The molecule has 2 atom stereocenters. The van der Waals surface area contributed by atoms with Gasteiger partial charge in [0.1, 0.15) is 35.6 Å². The quantitative estimate of drug-likeness (QED) is 0.351. The van der Waals surface area contributed by atoms with Crippen molar-refractivity contribution in [2.24, 2.45) is 5.73 Å². The topological polar surface area (TPSA) is 119 Å². The van der Waals surface area contributed by atoms with Gasteiger partial charge in [-0.05, 0) is 61.2 Å². The minimum absolute atomic E-state index is 0.142. The molecule has 0 bridgehead atoms. The van der Waals surface area contributed by atoms with Crippen LogP contribution in [-0.4, -0.2) is 31.2 Å². The number of hydrogen-bond acceptors (Lipinski definition) is 5. The number of aryl methyl sites for hydroxylation is 1. The smallest absolute Gasteiger partial charge is 0.268 e. The molecule has 9 heteroatoms. The Morgan fingerprint density at radius 3 is 2.75 bits per heavy atom. The molecule has 36 heavy (non-hydrogen) atoms. The number of imidazole rings is 1. The molecule has 0 radical (unpaired) electrons. The Morgan fingerprint density at radius 2 is 2.06 bits per heavy atom. The van der Waals surface area contributed by atoms with Crippen molar-refractivity contribution in [1.29, 1.82) is 5.26 Å². The molecule has 3 N–H and O–H groups in total. The van der Waals surface area contributed by atoms with E-state index >= 15 is 0 Å². The molecule has 184 valence electrons. The molecule has 4 aromatic rings. The van der Waals surface area contributed by atoms with Crippen LogP contribution in [0.25, 0.3) is 5.69 Å². The molecule has 0 spiro atoms. The number of nitriles is 1. The van der Waals surface area contributed by atoms with Crippen LogP contribution in [0, 0.1) is 17.1 Å². The van der Waals surface area contributed by atoms with Gasteiger partial charge in [-0.2, -0.15) is 5.26 Å². The first-order valence-corrected chi connectivity index (χ1v) is 11.5. The van der Waals surface area contributed by atoms with E-state index < -0.39 is 17.8 Å². The third kappa shape index (κ3) is 5.45. The summed E-state index contributed by atoms with van der Waals surface area (Å²) in [4.78, 5) is 15.4. The highest BCUT2D eigenvalue weighted by atomic mass is 19.1. The summed E-state index contributed by atoms with van der Waals surface area (Å²) in [6.45, 7) is 1.84. The molecular weight excluding hydrogens is 461 g/mol. The van der Waals surface area contributed by atoms with Gasteiger partial charge in [0.05, 0.1) is 24.2 Å². The van der Waals surface area contributed by atoms with Crippen LogP contribution in [0.2, 0.25) is 0 Å². The number of aliphatic hydroxyl groups excluding tert-OH is 1. The second-order valence-corrected chi connectivity index (χ2v) is 8.47. The lowest BCUT2D eigenvalue weighted by Crippen LogP contribution is -2.21. The van der Waals surface area contributed by atoms with E-state index in [1.807, 2.05) is 30.3 Å². The zero-order valence-corrected chi connectivity index (χ0v) is 19.7. The van der Waals surface area contributed by atoms with Crippen molar-refractivity contribution in [3.63, 3.8) is 0 Å². The lowest BCUT2D eigenvalue weighted by atomic mass is 10.0. The van der Waals surface area contributed by atoms with E-state index in [1.165, 1.54) is 23.2 Å². The predicted molar refractivity (Wildman–Crippen MR) is 131 cm³/mol. The molecule has 0 aliphatic rings. The summed E-state index contributed by atoms with van der Waals surface area (Å²) in [7, 11) is 0. The average Bonchev–Trinajstić information content (AvgIpc) is 3.53. The molecule has 0 fully saturated rings. The fourth-order valence-electron chi connectivity index (χ4n) is 4.12. The molecule has 0 saturated carbocycles. The number of nitrogens with zero attached hydrogens (tertiary/aromatic N) is 4. The van der Waals surface area contributed by atoms with Crippen LogP contribution in [0.3, 0.4) is 0 Å². The van der Waals surface area contributed by atoms with Crippen molar-refractivity contribution in [3.8, 4) is 17.5 Å². The molecular formula is C27H26FN5O3. The van der Waals surface area contributed by atoms with Crippen molar-refractivity contribution in [1.82, 2.24) is 14.1 Å². The van der Waals surface area contributed by atoms with E-state index in [1.54, 1.807) is 42.0 Å². The Labute approximate surface area is 208 Å². The molecule has 8 nitrogen and oxygen atoms in total. The number of ether oxygens (including phenoxy) is 1. The molecule has 2 heterocycles. The standard InChI is InChI=1S/C27H26FN5O3/c1-18(34)24(32-15-23(27(30)35)31-17-32)11-9-20-5-2-3-7-26(20)36-16-19-8-10-25(22(28)13-19)33-12-4-6-21(33)14-29/h2-8,10,12-13,15,17-18,24,34H,9,11,16H2,1H3,(H2,30,35)/t18-,24+/m0/s1. The Kier molecular flexibility index (Phi) is 7.47. The van der Waals surface area contributed by atoms with E-state index in [9.17, 15) is 19.6 Å². The number of rotatable bonds is 10. The van der Waals surface area contributed by atoms with Gasteiger partial charge in [0, 0.05) is 12.4 Å². The van der Waals surface area contributed by atoms with E-state index in [4.69, 9.17) is 10.5 Å². The molecule has 2 aromatic heterocycles. The molecule has 0 unspecified atom stereocenters. The number of para-hydroxylation sites is 1. The lowest BCUT2D eigenvalue weighted by molar-refractivity contribution is 0.0994. The first-order chi connectivity index (χ1) is 17.4. The van der Waals surface area contributed by atoms with Crippen molar-refractivity contribution in [2.75, 3.05) is 0 Å². The number of amides is 1. The van der Waals surface area contributed by atoms with Crippen molar-refractivity contribution in [3.05, 3.63) is 102 Å². The number of benzene rings is 2. The molecule has 0 saturated heterocycles. The number of hydrogen-bond donors (Lipinski definition) is 2. The van der Waals surface area contributed by atoms with E-state index in [2.05, 4.69) is 4.98 Å². The van der Waals surface area contributed by atoms with Gasteiger partial charge in [-0.25, -0.2) is 9.37 Å². The summed E-state index contributed by atoms with van der Waals surface area (Å²) in [6, 6.07) is 17.4. The van der Waals surface area contributed by atoms with Crippen LogP contribution in [0.15, 0.2) is 73.3 Å². The van der Waals surface area contributed by atoms with Gasteiger partial charge in [-0.15, -0.1) is 0 Å². The number of primary amides is 1. The zero-order valence-electron chi connectivity index (χ0n) is 19.7.